The molecule has 1 saturated carbocycles. The van der Waals surface area contributed by atoms with Crippen molar-refractivity contribution in [2.75, 3.05) is 19.8 Å². The van der Waals surface area contributed by atoms with Gasteiger partial charge in [0.1, 0.15) is 19.0 Å². The lowest BCUT2D eigenvalue weighted by molar-refractivity contribution is -0.139. The number of carbonyl (C=O) groups excluding carboxylic acids is 1. The van der Waals surface area contributed by atoms with E-state index in [1.807, 2.05) is 24.3 Å². The molecule has 2 aliphatic rings. The van der Waals surface area contributed by atoms with Gasteiger partial charge in [-0.2, -0.15) is 0 Å². The highest BCUT2D eigenvalue weighted by Crippen LogP contribution is 2.49. The summed E-state index contributed by atoms with van der Waals surface area (Å²) in [5, 5.41) is 11.6. The Bertz CT molecular complexity index is 896. The average Bonchev–Trinajstić information content (AvgIpc) is 3.51. The second kappa shape index (κ2) is 7.80. The first-order chi connectivity index (χ1) is 13.6. The summed E-state index contributed by atoms with van der Waals surface area (Å²) in [5.41, 5.74) is 1.95. The third-order valence-corrected chi connectivity index (χ3v) is 4.85. The van der Waals surface area contributed by atoms with Crippen molar-refractivity contribution in [2.45, 2.75) is 18.9 Å². The Morgan fingerprint density at radius 1 is 1.11 bits per heavy atom. The number of fused-ring (bicyclic) bond motifs is 1. The third kappa shape index (κ3) is 4.19. The van der Waals surface area contributed by atoms with E-state index in [2.05, 4.69) is 5.32 Å². The molecule has 0 radical (unpaired) electrons. The number of carboxylic acids is 1. The normalized spacial score (nSPS) is 19.6. The van der Waals surface area contributed by atoms with Crippen LogP contribution in [0.5, 0.6) is 17.2 Å². The zero-order valence-corrected chi connectivity index (χ0v) is 15.2. The summed E-state index contributed by atoms with van der Waals surface area (Å²) in [6, 6.07) is 12.9. The van der Waals surface area contributed by atoms with Crippen LogP contribution in [0.25, 0.3) is 0 Å². The maximum Gasteiger partial charge on any atom is 0.341 e. The first-order valence-electron chi connectivity index (χ1n) is 9.21. The Morgan fingerprint density at radius 3 is 2.75 bits per heavy atom. The van der Waals surface area contributed by atoms with Crippen LogP contribution in [0.3, 0.4) is 0 Å². The van der Waals surface area contributed by atoms with Crippen LogP contribution in [0, 0.1) is 5.92 Å². The van der Waals surface area contributed by atoms with Crippen LogP contribution in [-0.4, -0.2) is 36.8 Å². The maximum absolute atomic E-state index is 12.5. The van der Waals surface area contributed by atoms with Gasteiger partial charge in [0.25, 0.3) is 0 Å². The fourth-order valence-corrected chi connectivity index (χ4v) is 3.35. The number of carbonyl (C=O) groups is 2. The van der Waals surface area contributed by atoms with Crippen LogP contribution >= 0.6 is 0 Å². The Hall–Kier alpha value is -3.22. The zero-order chi connectivity index (χ0) is 19.5. The number of rotatable bonds is 7. The molecule has 7 heteroatoms. The molecule has 146 valence electrons. The minimum absolute atomic E-state index is 0.0109. The Balaban J connectivity index is 1.31. The van der Waals surface area contributed by atoms with Gasteiger partial charge in [0, 0.05) is 12.5 Å². The van der Waals surface area contributed by atoms with E-state index >= 15 is 0 Å². The van der Waals surface area contributed by atoms with E-state index in [-0.39, 0.29) is 17.7 Å². The second-order valence-corrected chi connectivity index (χ2v) is 6.90. The van der Waals surface area contributed by atoms with E-state index in [9.17, 15) is 9.59 Å². The fourth-order valence-electron chi connectivity index (χ4n) is 3.35. The summed E-state index contributed by atoms with van der Waals surface area (Å²) in [5.74, 6) is 1.09. The van der Waals surface area contributed by atoms with Gasteiger partial charge in [-0.1, -0.05) is 18.2 Å². The first-order valence-corrected chi connectivity index (χ1v) is 9.21. The molecule has 28 heavy (non-hydrogen) atoms. The SMILES string of the molecule is O=C(O)COc1cccc(CNC(=O)C2CC2c2ccc3c(c2)OCCO3)c1. The summed E-state index contributed by atoms with van der Waals surface area (Å²) < 4.78 is 16.3. The minimum atomic E-state index is -1.03. The van der Waals surface area contributed by atoms with Crippen molar-refractivity contribution in [1.82, 2.24) is 5.32 Å². The monoisotopic (exact) mass is 383 g/mol. The molecule has 1 heterocycles. The van der Waals surface area contributed by atoms with E-state index in [4.69, 9.17) is 19.3 Å². The molecule has 2 unspecified atom stereocenters. The Labute approximate surface area is 162 Å². The lowest BCUT2D eigenvalue weighted by Crippen LogP contribution is -2.25. The molecule has 1 amide bonds. The van der Waals surface area contributed by atoms with Crippen molar-refractivity contribution >= 4 is 11.9 Å². The van der Waals surface area contributed by atoms with Gasteiger partial charge in [-0.3, -0.25) is 4.79 Å². The number of amides is 1. The Kier molecular flexibility index (Phi) is 5.06. The number of hydrogen-bond donors (Lipinski definition) is 2. The van der Waals surface area contributed by atoms with Crippen LogP contribution in [0.1, 0.15) is 23.5 Å². The quantitative estimate of drug-likeness (QED) is 0.762. The molecule has 2 N–H and O–H groups in total. The standard InChI is InChI=1S/C21H21NO6/c23-20(24)12-28-15-3-1-2-13(8-15)11-22-21(25)17-10-16(17)14-4-5-18-19(9-14)27-7-6-26-18/h1-5,8-9,16-17H,6-7,10-12H2,(H,22,25)(H,23,24). The number of nitrogens with one attached hydrogen (secondary N) is 1. The number of carboxylic acid groups (broad SMARTS) is 1. The number of benzene rings is 2. The van der Waals surface area contributed by atoms with Gasteiger partial charge in [-0.05, 0) is 47.7 Å². The van der Waals surface area contributed by atoms with E-state index in [1.54, 1.807) is 18.2 Å². The third-order valence-electron chi connectivity index (χ3n) is 4.85. The number of aliphatic carboxylic acids is 1. The van der Waals surface area contributed by atoms with Gasteiger partial charge in [-0.25, -0.2) is 4.79 Å². The predicted molar refractivity (Wildman–Crippen MR) is 99.7 cm³/mol. The molecule has 1 aliphatic heterocycles. The van der Waals surface area contributed by atoms with Crippen LogP contribution in [-0.2, 0) is 16.1 Å². The number of ether oxygens (including phenoxy) is 3. The van der Waals surface area contributed by atoms with Gasteiger partial charge in [-0.15, -0.1) is 0 Å². The van der Waals surface area contributed by atoms with Crippen LogP contribution in [0.15, 0.2) is 42.5 Å². The summed E-state index contributed by atoms with van der Waals surface area (Å²) in [6.45, 7) is 1.08. The smallest absolute Gasteiger partial charge is 0.341 e. The van der Waals surface area contributed by atoms with Crippen molar-refractivity contribution in [2.24, 2.45) is 5.92 Å². The topological polar surface area (TPSA) is 94.1 Å². The van der Waals surface area contributed by atoms with Crippen molar-refractivity contribution in [3.63, 3.8) is 0 Å². The van der Waals surface area contributed by atoms with Gasteiger partial charge in [0.15, 0.2) is 18.1 Å². The van der Waals surface area contributed by atoms with Crippen LogP contribution in [0.2, 0.25) is 0 Å². The summed E-state index contributed by atoms with van der Waals surface area (Å²) in [4.78, 5) is 23.1. The van der Waals surface area contributed by atoms with Crippen molar-refractivity contribution < 1.29 is 28.9 Å². The van der Waals surface area contributed by atoms with Gasteiger partial charge in [0.05, 0.1) is 0 Å². The highest BCUT2D eigenvalue weighted by atomic mass is 16.6. The van der Waals surface area contributed by atoms with Crippen LogP contribution < -0.4 is 19.5 Å². The van der Waals surface area contributed by atoms with Gasteiger partial charge < -0.3 is 24.6 Å². The van der Waals surface area contributed by atoms with E-state index in [0.29, 0.717) is 25.5 Å². The molecule has 0 saturated heterocycles. The van der Waals surface area contributed by atoms with E-state index in [1.165, 1.54) is 0 Å². The molecule has 0 spiro atoms. The highest BCUT2D eigenvalue weighted by molar-refractivity contribution is 5.83. The van der Waals surface area contributed by atoms with Crippen molar-refractivity contribution in [3.8, 4) is 17.2 Å². The van der Waals surface area contributed by atoms with Crippen molar-refractivity contribution in [3.05, 3.63) is 53.6 Å². The van der Waals surface area contributed by atoms with Crippen LogP contribution in [0.4, 0.5) is 0 Å². The molecule has 1 fully saturated rings. The molecule has 0 aromatic heterocycles. The minimum Gasteiger partial charge on any atom is -0.486 e. The summed E-state index contributed by atoms with van der Waals surface area (Å²) in [6.07, 6.45) is 0.813. The fraction of sp³-hybridized carbons (Fsp3) is 0.333. The van der Waals surface area contributed by atoms with Gasteiger partial charge >= 0.3 is 5.97 Å². The first kappa shape index (κ1) is 18.2. The molecule has 0 bridgehead atoms. The maximum atomic E-state index is 12.5. The van der Waals surface area contributed by atoms with E-state index in [0.717, 1.165) is 29.0 Å². The molecular formula is C21H21NO6. The molecule has 4 rings (SSSR count). The molecular weight excluding hydrogens is 362 g/mol. The molecule has 7 nitrogen and oxygen atoms in total. The predicted octanol–water partition coefficient (Wildman–Crippen LogP) is 2.34. The lowest BCUT2D eigenvalue weighted by Gasteiger charge is -2.18. The van der Waals surface area contributed by atoms with Gasteiger partial charge in [0.2, 0.25) is 5.91 Å². The second-order valence-electron chi connectivity index (χ2n) is 6.90. The molecule has 2 aromatic carbocycles. The van der Waals surface area contributed by atoms with Crippen molar-refractivity contribution in [1.29, 1.82) is 0 Å². The lowest BCUT2D eigenvalue weighted by atomic mass is 10.1. The Morgan fingerprint density at radius 2 is 1.93 bits per heavy atom. The molecule has 1 aliphatic carbocycles. The summed E-state index contributed by atoms with van der Waals surface area (Å²) in [7, 11) is 0. The average molecular weight is 383 g/mol. The summed E-state index contributed by atoms with van der Waals surface area (Å²) >= 11 is 0. The number of hydrogen-bond acceptors (Lipinski definition) is 5. The largest absolute Gasteiger partial charge is 0.486 e. The molecule has 2 atom stereocenters. The van der Waals surface area contributed by atoms with E-state index < -0.39 is 12.6 Å². The highest BCUT2D eigenvalue weighted by Gasteiger charge is 2.44. The molecule has 2 aromatic rings. The zero-order valence-electron chi connectivity index (χ0n) is 15.2.